The summed E-state index contributed by atoms with van der Waals surface area (Å²) in [7, 11) is -3.21. The van der Waals surface area contributed by atoms with Crippen LogP contribution in [-0.4, -0.2) is 32.2 Å². The fraction of sp³-hybridized carbons (Fsp3) is 0.545. The zero-order valence-corrected chi connectivity index (χ0v) is 9.91. The van der Waals surface area contributed by atoms with Crippen molar-refractivity contribution < 1.29 is 8.42 Å². The smallest absolute Gasteiger partial charge is 0.195 e. The van der Waals surface area contributed by atoms with Gasteiger partial charge in [0.1, 0.15) is 0 Å². The lowest BCUT2D eigenvalue weighted by Crippen LogP contribution is -2.33. The maximum atomic E-state index is 12.0. The Morgan fingerprint density at radius 2 is 2.31 bits per heavy atom. The number of pyridine rings is 1. The molecule has 0 spiro atoms. The molecule has 2 heterocycles. The first-order valence-corrected chi connectivity index (χ1v) is 7.18. The fourth-order valence-electron chi connectivity index (χ4n) is 1.99. The summed E-state index contributed by atoms with van der Waals surface area (Å²) in [6.07, 6.45) is 3.56. The summed E-state index contributed by atoms with van der Waals surface area (Å²) in [5.74, 6) is 0.428. The number of hydrogen-bond acceptors (Lipinski definition) is 4. The molecule has 1 saturated heterocycles. The molecule has 0 bridgehead atoms. The van der Waals surface area contributed by atoms with Gasteiger partial charge in [-0.1, -0.05) is 6.07 Å². The molecular weight excluding hydrogens is 224 g/mol. The van der Waals surface area contributed by atoms with Crippen molar-refractivity contribution in [2.75, 3.05) is 18.8 Å². The van der Waals surface area contributed by atoms with Crippen LogP contribution >= 0.6 is 0 Å². The monoisotopic (exact) mass is 240 g/mol. The van der Waals surface area contributed by atoms with E-state index in [2.05, 4.69) is 10.3 Å². The molecule has 1 fully saturated rings. The van der Waals surface area contributed by atoms with E-state index < -0.39 is 9.84 Å². The van der Waals surface area contributed by atoms with Crippen molar-refractivity contribution in [2.24, 2.45) is 5.92 Å². The van der Waals surface area contributed by atoms with Gasteiger partial charge in [-0.05, 0) is 44.0 Å². The largest absolute Gasteiger partial charge is 0.316 e. The van der Waals surface area contributed by atoms with Crippen LogP contribution in [0.2, 0.25) is 0 Å². The maximum Gasteiger partial charge on any atom is 0.195 e. The highest BCUT2D eigenvalue weighted by Crippen LogP contribution is 2.16. The van der Waals surface area contributed by atoms with Gasteiger partial charge in [0.05, 0.1) is 5.75 Å². The molecule has 0 saturated carbocycles. The number of nitrogens with zero attached hydrogens (tertiary/aromatic N) is 1. The third-order valence-corrected chi connectivity index (χ3v) is 4.60. The van der Waals surface area contributed by atoms with Crippen LogP contribution in [0.3, 0.4) is 0 Å². The van der Waals surface area contributed by atoms with Gasteiger partial charge in [0.15, 0.2) is 14.9 Å². The summed E-state index contributed by atoms with van der Waals surface area (Å²) in [4.78, 5) is 3.91. The number of hydrogen-bond donors (Lipinski definition) is 1. The van der Waals surface area contributed by atoms with E-state index in [4.69, 9.17) is 0 Å². The van der Waals surface area contributed by atoms with Crippen LogP contribution < -0.4 is 5.32 Å². The van der Waals surface area contributed by atoms with Gasteiger partial charge in [-0.25, -0.2) is 13.4 Å². The number of sulfone groups is 1. The second-order valence-corrected chi connectivity index (χ2v) is 6.14. The lowest BCUT2D eigenvalue weighted by Gasteiger charge is -2.22. The zero-order chi connectivity index (χ0) is 11.4. The van der Waals surface area contributed by atoms with Crippen LogP contribution in [0.1, 0.15) is 12.8 Å². The molecule has 0 aliphatic carbocycles. The standard InChI is InChI=1S/C11H16N2O2S/c14-16(15,11-5-1-2-7-13-11)9-10-4-3-6-12-8-10/h1-2,5,7,10,12H,3-4,6,8-9H2/t10-/m0/s1. The van der Waals surface area contributed by atoms with Gasteiger partial charge in [-0.15, -0.1) is 0 Å². The van der Waals surface area contributed by atoms with E-state index in [1.54, 1.807) is 18.2 Å². The van der Waals surface area contributed by atoms with Crippen molar-refractivity contribution in [3.8, 4) is 0 Å². The van der Waals surface area contributed by atoms with Gasteiger partial charge in [-0.3, -0.25) is 0 Å². The van der Waals surface area contributed by atoms with Crippen LogP contribution in [-0.2, 0) is 9.84 Å². The van der Waals surface area contributed by atoms with E-state index in [1.807, 2.05) is 0 Å². The lowest BCUT2D eigenvalue weighted by atomic mass is 10.0. The van der Waals surface area contributed by atoms with Crippen molar-refractivity contribution in [1.82, 2.24) is 10.3 Å². The third kappa shape index (κ3) is 2.80. The Kier molecular flexibility index (Phi) is 3.56. The second kappa shape index (κ2) is 4.93. The lowest BCUT2D eigenvalue weighted by molar-refractivity contribution is 0.403. The Hall–Kier alpha value is -0.940. The molecule has 88 valence electrons. The van der Waals surface area contributed by atoms with Gasteiger partial charge in [-0.2, -0.15) is 0 Å². The number of piperidine rings is 1. The normalized spacial score (nSPS) is 21.9. The average Bonchev–Trinajstić information content (AvgIpc) is 2.31. The van der Waals surface area contributed by atoms with Crippen molar-refractivity contribution >= 4 is 9.84 Å². The maximum absolute atomic E-state index is 12.0. The minimum Gasteiger partial charge on any atom is -0.316 e. The molecule has 5 heteroatoms. The van der Waals surface area contributed by atoms with Crippen LogP contribution in [0, 0.1) is 5.92 Å². The molecule has 0 aromatic carbocycles. The Labute approximate surface area is 96.0 Å². The van der Waals surface area contributed by atoms with Crippen LogP contribution in [0.4, 0.5) is 0 Å². The van der Waals surface area contributed by atoms with E-state index in [1.165, 1.54) is 6.20 Å². The minimum atomic E-state index is -3.21. The molecule has 1 aliphatic heterocycles. The number of rotatable bonds is 3. The summed E-state index contributed by atoms with van der Waals surface area (Å²) in [6, 6.07) is 4.99. The summed E-state index contributed by atoms with van der Waals surface area (Å²) in [6.45, 7) is 1.80. The topological polar surface area (TPSA) is 59.1 Å². The molecule has 0 radical (unpaired) electrons. The Balaban J connectivity index is 2.08. The van der Waals surface area contributed by atoms with Gasteiger partial charge in [0, 0.05) is 6.20 Å². The SMILES string of the molecule is O=S(=O)(C[C@H]1CCCNC1)c1ccccn1. The van der Waals surface area contributed by atoms with Crippen molar-refractivity contribution in [3.05, 3.63) is 24.4 Å². The highest BCUT2D eigenvalue weighted by Gasteiger charge is 2.23. The molecule has 1 aromatic rings. The second-order valence-electron chi connectivity index (χ2n) is 4.16. The molecule has 1 atom stereocenters. The minimum absolute atomic E-state index is 0.195. The quantitative estimate of drug-likeness (QED) is 0.851. The Morgan fingerprint density at radius 1 is 1.44 bits per heavy atom. The predicted molar refractivity (Wildman–Crippen MR) is 61.9 cm³/mol. The molecule has 16 heavy (non-hydrogen) atoms. The molecule has 0 amide bonds. The van der Waals surface area contributed by atoms with E-state index in [0.29, 0.717) is 0 Å². The Morgan fingerprint density at radius 3 is 2.94 bits per heavy atom. The summed E-state index contributed by atoms with van der Waals surface area (Å²) < 4.78 is 24.0. The van der Waals surface area contributed by atoms with Crippen LogP contribution in [0.5, 0.6) is 0 Å². The first kappa shape index (κ1) is 11.5. The van der Waals surface area contributed by atoms with E-state index in [9.17, 15) is 8.42 Å². The number of nitrogens with one attached hydrogen (secondary N) is 1. The van der Waals surface area contributed by atoms with Gasteiger partial charge < -0.3 is 5.32 Å². The molecular formula is C11H16N2O2S. The highest BCUT2D eigenvalue weighted by atomic mass is 32.2. The van der Waals surface area contributed by atoms with Crippen molar-refractivity contribution in [1.29, 1.82) is 0 Å². The van der Waals surface area contributed by atoms with Gasteiger partial charge >= 0.3 is 0 Å². The Bertz CT molecular complexity index is 425. The van der Waals surface area contributed by atoms with Crippen molar-refractivity contribution in [2.45, 2.75) is 17.9 Å². The molecule has 1 aliphatic rings. The molecule has 0 unspecified atom stereocenters. The van der Waals surface area contributed by atoms with Crippen LogP contribution in [0.15, 0.2) is 29.4 Å². The average molecular weight is 240 g/mol. The molecule has 2 rings (SSSR count). The van der Waals surface area contributed by atoms with Gasteiger partial charge in [0.25, 0.3) is 0 Å². The van der Waals surface area contributed by atoms with E-state index in [-0.39, 0.29) is 16.7 Å². The summed E-state index contributed by atoms with van der Waals surface area (Å²) >= 11 is 0. The zero-order valence-electron chi connectivity index (χ0n) is 9.09. The van der Waals surface area contributed by atoms with Crippen LogP contribution in [0.25, 0.3) is 0 Å². The predicted octanol–water partition coefficient (Wildman–Crippen LogP) is 0.855. The summed E-state index contributed by atoms with van der Waals surface area (Å²) in [5, 5.41) is 3.42. The molecule has 1 N–H and O–H groups in total. The third-order valence-electron chi connectivity index (χ3n) is 2.81. The fourth-order valence-corrected chi connectivity index (χ4v) is 3.58. The number of aromatic nitrogens is 1. The van der Waals surface area contributed by atoms with Crippen molar-refractivity contribution in [3.63, 3.8) is 0 Å². The molecule has 4 nitrogen and oxygen atoms in total. The van der Waals surface area contributed by atoms with E-state index in [0.717, 1.165) is 25.9 Å². The van der Waals surface area contributed by atoms with E-state index >= 15 is 0 Å². The highest BCUT2D eigenvalue weighted by molar-refractivity contribution is 7.91. The van der Waals surface area contributed by atoms with Gasteiger partial charge in [0.2, 0.25) is 0 Å². The summed E-state index contributed by atoms with van der Waals surface area (Å²) in [5.41, 5.74) is 0. The first-order valence-electron chi connectivity index (χ1n) is 5.53. The first-order chi connectivity index (χ1) is 7.68. The molecule has 1 aromatic heterocycles.